The Morgan fingerprint density at radius 1 is 0.975 bits per heavy atom. The molecule has 2 heterocycles. The number of amides is 1. The van der Waals surface area contributed by atoms with Gasteiger partial charge in [-0.2, -0.15) is 41.8 Å². The molecule has 1 fully saturated rings. The standard InChI is InChI=1S/C26H28F6N6O2/c1-37(2)11-20-21(35-36-34-20)12-38-13-23(39)33-22(24(38)17-6-4-3-5-7-17)15-40-14-16-8-18(25(27,28)29)10-19(9-16)26(30,31)32/h3-10,22,24H,11-15H2,1-2H3,(H,33,39)(H,34,35,36)/t22-,24+/m1/s1. The molecule has 8 nitrogen and oxygen atoms in total. The fourth-order valence-electron chi connectivity index (χ4n) is 4.68. The van der Waals surface area contributed by atoms with Crippen molar-refractivity contribution in [3.63, 3.8) is 0 Å². The van der Waals surface area contributed by atoms with E-state index in [1.807, 2.05) is 54.2 Å². The lowest BCUT2D eigenvalue weighted by atomic mass is 9.95. The average Bonchev–Trinajstić information content (AvgIpc) is 3.29. The normalized spacial score (nSPS) is 18.8. The highest BCUT2D eigenvalue weighted by Crippen LogP contribution is 2.36. The van der Waals surface area contributed by atoms with E-state index < -0.39 is 42.2 Å². The molecule has 0 spiro atoms. The van der Waals surface area contributed by atoms with Crippen LogP contribution in [0.15, 0.2) is 48.5 Å². The predicted octanol–water partition coefficient (Wildman–Crippen LogP) is 4.16. The van der Waals surface area contributed by atoms with Crippen LogP contribution >= 0.6 is 0 Å². The van der Waals surface area contributed by atoms with E-state index in [0.29, 0.717) is 30.1 Å². The van der Waals surface area contributed by atoms with E-state index in [2.05, 4.69) is 20.7 Å². The molecule has 1 amide bonds. The summed E-state index contributed by atoms with van der Waals surface area (Å²) in [5.74, 6) is -0.308. The van der Waals surface area contributed by atoms with Crippen molar-refractivity contribution in [1.82, 2.24) is 30.5 Å². The Labute approximate surface area is 226 Å². The first-order chi connectivity index (χ1) is 18.8. The zero-order valence-electron chi connectivity index (χ0n) is 21.7. The van der Waals surface area contributed by atoms with Gasteiger partial charge in [0.1, 0.15) is 11.4 Å². The van der Waals surface area contributed by atoms with Crippen LogP contribution in [-0.4, -0.2) is 64.4 Å². The number of ether oxygens (including phenoxy) is 1. The lowest BCUT2D eigenvalue weighted by molar-refractivity contribution is -0.143. The van der Waals surface area contributed by atoms with Gasteiger partial charge >= 0.3 is 12.4 Å². The lowest BCUT2D eigenvalue weighted by Crippen LogP contribution is -2.57. The van der Waals surface area contributed by atoms with Gasteiger partial charge in [0.15, 0.2) is 0 Å². The number of aromatic nitrogens is 3. The molecule has 0 saturated carbocycles. The molecule has 216 valence electrons. The maximum atomic E-state index is 13.3. The first-order valence-electron chi connectivity index (χ1n) is 12.3. The van der Waals surface area contributed by atoms with E-state index in [9.17, 15) is 31.1 Å². The van der Waals surface area contributed by atoms with Crippen LogP contribution < -0.4 is 5.32 Å². The summed E-state index contributed by atoms with van der Waals surface area (Å²) in [5.41, 5.74) is -0.920. The van der Waals surface area contributed by atoms with E-state index in [1.165, 1.54) is 0 Å². The molecule has 0 aliphatic carbocycles. The van der Waals surface area contributed by atoms with Crippen molar-refractivity contribution in [2.75, 3.05) is 27.2 Å². The number of nitrogens with zero attached hydrogens (tertiary/aromatic N) is 4. The Bertz CT molecular complexity index is 1260. The first-order valence-corrected chi connectivity index (χ1v) is 12.3. The number of piperazine rings is 1. The first kappa shape index (κ1) is 29.5. The van der Waals surface area contributed by atoms with Crippen LogP contribution in [0.3, 0.4) is 0 Å². The van der Waals surface area contributed by atoms with Gasteiger partial charge in [-0.3, -0.25) is 9.69 Å². The summed E-state index contributed by atoms with van der Waals surface area (Å²) in [6.45, 7) is 0.143. The summed E-state index contributed by atoms with van der Waals surface area (Å²) in [7, 11) is 3.77. The maximum absolute atomic E-state index is 13.3. The number of hydrogen-bond donors (Lipinski definition) is 2. The highest BCUT2D eigenvalue weighted by molar-refractivity contribution is 5.79. The van der Waals surface area contributed by atoms with E-state index in [4.69, 9.17) is 4.74 Å². The molecule has 2 aromatic carbocycles. The van der Waals surface area contributed by atoms with E-state index in [0.717, 1.165) is 5.56 Å². The molecule has 1 aliphatic heterocycles. The Hall–Kier alpha value is -3.49. The third-order valence-electron chi connectivity index (χ3n) is 6.34. The molecule has 1 saturated heterocycles. The number of carbonyl (C=O) groups is 1. The fourth-order valence-corrected chi connectivity index (χ4v) is 4.68. The predicted molar refractivity (Wildman–Crippen MR) is 131 cm³/mol. The summed E-state index contributed by atoms with van der Waals surface area (Å²) < 4.78 is 85.2. The van der Waals surface area contributed by atoms with Gasteiger partial charge in [-0.05, 0) is 43.4 Å². The van der Waals surface area contributed by atoms with Crippen molar-refractivity contribution in [2.24, 2.45) is 0 Å². The molecule has 2 N–H and O–H groups in total. The number of alkyl halides is 6. The van der Waals surface area contributed by atoms with Gasteiger partial charge in [-0.1, -0.05) is 30.3 Å². The van der Waals surface area contributed by atoms with Gasteiger partial charge in [0.2, 0.25) is 5.91 Å². The summed E-state index contributed by atoms with van der Waals surface area (Å²) >= 11 is 0. The molecule has 1 aromatic heterocycles. The topological polar surface area (TPSA) is 86.4 Å². The third-order valence-corrected chi connectivity index (χ3v) is 6.34. The van der Waals surface area contributed by atoms with Gasteiger partial charge < -0.3 is 15.0 Å². The van der Waals surface area contributed by atoms with Gasteiger partial charge in [0.25, 0.3) is 0 Å². The number of benzene rings is 2. The molecule has 1 aliphatic rings. The zero-order chi connectivity index (χ0) is 29.1. The van der Waals surface area contributed by atoms with E-state index >= 15 is 0 Å². The largest absolute Gasteiger partial charge is 0.416 e. The Balaban J connectivity index is 1.56. The summed E-state index contributed by atoms with van der Waals surface area (Å²) in [6.07, 6.45) is -9.92. The Morgan fingerprint density at radius 3 is 2.20 bits per heavy atom. The third kappa shape index (κ3) is 7.37. The summed E-state index contributed by atoms with van der Waals surface area (Å²) in [6, 6.07) is 9.49. The highest BCUT2D eigenvalue weighted by Gasteiger charge is 2.38. The number of rotatable bonds is 9. The average molecular weight is 571 g/mol. The Kier molecular flexibility index (Phi) is 8.80. The quantitative estimate of drug-likeness (QED) is 0.376. The van der Waals surface area contributed by atoms with Crippen molar-refractivity contribution in [1.29, 1.82) is 0 Å². The van der Waals surface area contributed by atoms with Crippen molar-refractivity contribution >= 4 is 5.91 Å². The minimum absolute atomic E-state index is 0.0346. The minimum Gasteiger partial charge on any atom is -0.375 e. The lowest BCUT2D eigenvalue weighted by Gasteiger charge is -2.41. The van der Waals surface area contributed by atoms with Crippen LogP contribution in [0.2, 0.25) is 0 Å². The van der Waals surface area contributed by atoms with E-state index in [-0.39, 0.29) is 37.2 Å². The van der Waals surface area contributed by atoms with Gasteiger partial charge in [0, 0.05) is 13.1 Å². The zero-order valence-corrected chi connectivity index (χ0v) is 21.7. The number of H-pyrrole nitrogens is 1. The Morgan fingerprint density at radius 2 is 1.60 bits per heavy atom. The second-order valence-electron chi connectivity index (χ2n) is 9.82. The van der Waals surface area contributed by atoms with Crippen molar-refractivity contribution < 1.29 is 35.9 Å². The molecule has 14 heteroatoms. The van der Waals surface area contributed by atoms with Gasteiger partial charge in [-0.25, -0.2) is 0 Å². The molecule has 40 heavy (non-hydrogen) atoms. The summed E-state index contributed by atoms with van der Waals surface area (Å²) in [5, 5.41) is 13.9. The van der Waals surface area contributed by atoms with Crippen LogP contribution in [0.4, 0.5) is 26.3 Å². The molecular formula is C26H28F6N6O2. The molecule has 0 radical (unpaired) electrons. The number of hydrogen-bond acceptors (Lipinski definition) is 6. The molecule has 4 rings (SSSR count). The number of carbonyl (C=O) groups excluding carboxylic acids is 1. The maximum Gasteiger partial charge on any atom is 0.416 e. The van der Waals surface area contributed by atoms with Gasteiger partial charge in [0.05, 0.1) is 43.0 Å². The molecular weight excluding hydrogens is 542 g/mol. The number of halogens is 6. The van der Waals surface area contributed by atoms with Gasteiger partial charge in [-0.15, -0.1) is 0 Å². The monoisotopic (exact) mass is 570 g/mol. The van der Waals surface area contributed by atoms with Crippen LogP contribution in [0.1, 0.15) is 39.7 Å². The molecule has 0 bridgehead atoms. The fraction of sp³-hybridized carbons (Fsp3) is 0.423. The van der Waals surface area contributed by atoms with Crippen molar-refractivity contribution in [3.8, 4) is 0 Å². The van der Waals surface area contributed by atoms with E-state index in [1.54, 1.807) is 0 Å². The molecule has 0 unspecified atom stereocenters. The minimum atomic E-state index is -4.96. The number of aromatic amines is 1. The van der Waals surface area contributed by atoms with Crippen molar-refractivity contribution in [2.45, 2.75) is 44.1 Å². The molecule has 2 atom stereocenters. The second kappa shape index (κ2) is 11.9. The van der Waals surface area contributed by atoms with Crippen LogP contribution in [0.25, 0.3) is 0 Å². The SMILES string of the molecule is CN(C)Cc1n[nH]nc1CN1CC(=O)N[C@H](COCc2cc(C(F)(F)F)cc(C(F)(F)F)c2)[C@@H]1c1ccccc1. The summed E-state index contributed by atoms with van der Waals surface area (Å²) in [4.78, 5) is 16.5. The number of nitrogens with one attached hydrogen (secondary N) is 2. The van der Waals surface area contributed by atoms with Crippen LogP contribution in [0, 0.1) is 0 Å². The molecule has 3 aromatic rings. The highest BCUT2D eigenvalue weighted by atomic mass is 19.4. The van der Waals surface area contributed by atoms with Crippen LogP contribution in [0.5, 0.6) is 0 Å². The smallest absolute Gasteiger partial charge is 0.375 e. The second-order valence-corrected chi connectivity index (χ2v) is 9.82. The van der Waals surface area contributed by atoms with Crippen molar-refractivity contribution in [3.05, 3.63) is 82.2 Å². The van der Waals surface area contributed by atoms with Crippen LogP contribution in [-0.2, 0) is 41.6 Å².